The van der Waals surface area contributed by atoms with E-state index in [1.54, 1.807) is 0 Å². The van der Waals surface area contributed by atoms with E-state index >= 15 is 0 Å². The summed E-state index contributed by atoms with van der Waals surface area (Å²) in [6, 6.07) is 4.69. The summed E-state index contributed by atoms with van der Waals surface area (Å²) in [7, 11) is 0. The van der Waals surface area contributed by atoms with Gasteiger partial charge in [-0.3, -0.25) is 0 Å². The maximum atomic E-state index is 13.9. The molecule has 0 spiro atoms. The molecule has 0 radical (unpaired) electrons. The number of fused-ring (bicyclic) bond motifs is 8. The molecule has 2 aromatic carbocycles. The van der Waals surface area contributed by atoms with Gasteiger partial charge in [0.25, 0.3) is 0 Å². The molecule has 0 N–H and O–H groups in total. The van der Waals surface area contributed by atoms with Crippen LogP contribution in [0.3, 0.4) is 0 Å². The molecule has 6 heteroatoms. The van der Waals surface area contributed by atoms with E-state index in [1.165, 1.54) is 33.6 Å². The Hall–Kier alpha value is -3.54. The Morgan fingerprint density at radius 2 is 0.870 bits per heavy atom. The van der Waals surface area contributed by atoms with Crippen molar-refractivity contribution in [3.8, 4) is 0 Å². The van der Waals surface area contributed by atoms with Crippen LogP contribution in [-0.2, 0) is 34.5 Å². The summed E-state index contributed by atoms with van der Waals surface area (Å²) >= 11 is 0. The highest BCUT2D eigenvalue weighted by Crippen LogP contribution is 2.54. The van der Waals surface area contributed by atoms with E-state index in [2.05, 4.69) is 77.3 Å². The molecule has 0 bridgehead atoms. The Kier molecular flexibility index (Phi) is 5.40. The van der Waals surface area contributed by atoms with Crippen LogP contribution < -0.4 is 21.1 Å². The monoisotopic (exact) mass is 618 g/mol. The van der Waals surface area contributed by atoms with Crippen molar-refractivity contribution >= 4 is 33.3 Å². The molecule has 0 saturated heterocycles. The van der Waals surface area contributed by atoms with Crippen molar-refractivity contribution in [2.75, 3.05) is 36.0 Å². The minimum absolute atomic E-state index is 0.0102. The quantitative estimate of drug-likeness (QED) is 0.166. The molecule has 46 heavy (non-hydrogen) atoms. The van der Waals surface area contributed by atoms with Crippen LogP contribution in [0.15, 0.2) is 30.6 Å². The van der Waals surface area contributed by atoms with Crippen LogP contribution in [0.2, 0.25) is 0 Å². The average Bonchev–Trinajstić information content (AvgIpc) is 2.98. The van der Waals surface area contributed by atoms with Crippen molar-refractivity contribution < 1.29 is 8.83 Å². The summed E-state index contributed by atoms with van der Waals surface area (Å²) in [5, 5.41) is 2.10. The predicted octanol–water partition coefficient (Wildman–Crippen LogP) is 7.73. The zero-order valence-electron chi connectivity index (χ0n) is 28.8. The third-order valence-corrected chi connectivity index (χ3v) is 12.9. The minimum atomic E-state index is -0.315. The van der Waals surface area contributed by atoms with E-state index in [4.69, 9.17) is 8.83 Å². The average molecular weight is 619 g/mol. The first-order valence-corrected chi connectivity index (χ1v) is 17.4. The molecule has 0 atom stereocenters. The molecule has 6 heterocycles. The summed E-state index contributed by atoms with van der Waals surface area (Å²) in [4.78, 5) is 32.9. The highest BCUT2D eigenvalue weighted by Gasteiger charge is 2.45. The van der Waals surface area contributed by atoms with Crippen LogP contribution in [-0.4, -0.2) is 26.2 Å². The Bertz CT molecular complexity index is 2020. The van der Waals surface area contributed by atoms with Crippen LogP contribution in [0.5, 0.6) is 0 Å². The Morgan fingerprint density at radius 3 is 1.26 bits per heavy atom. The summed E-state index contributed by atoms with van der Waals surface area (Å²) in [6.45, 7) is 22.7. The van der Waals surface area contributed by atoms with Gasteiger partial charge in [0.05, 0.1) is 0 Å². The largest absolute Gasteiger partial charge is 0.422 e. The van der Waals surface area contributed by atoms with Crippen LogP contribution in [0, 0.1) is 0 Å². The van der Waals surface area contributed by atoms with Crippen LogP contribution in [0.1, 0.15) is 126 Å². The lowest BCUT2D eigenvalue weighted by Crippen LogP contribution is -2.45. The molecule has 6 nitrogen and oxygen atoms in total. The van der Waals surface area contributed by atoms with Gasteiger partial charge >= 0.3 is 11.3 Å². The zero-order valence-corrected chi connectivity index (χ0v) is 28.8. The fourth-order valence-corrected chi connectivity index (χ4v) is 9.76. The minimum Gasteiger partial charge on any atom is -0.422 e. The zero-order chi connectivity index (χ0) is 32.3. The molecule has 0 fully saturated rings. The van der Waals surface area contributed by atoms with Crippen molar-refractivity contribution in [1.29, 1.82) is 0 Å². The van der Waals surface area contributed by atoms with Crippen LogP contribution in [0.4, 0.5) is 11.4 Å². The molecule has 2 aromatic heterocycles. The first-order valence-electron chi connectivity index (χ1n) is 17.4. The van der Waals surface area contributed by atoms with Crippen molar-refractivity contribution in [3.63, 3.8) is 0 Å². The lowest BCUT2D eigenvalue weighted by Gasteiger charge is -2.48. The number of hydrogen-bond acceptors (Lipinski definition) is 6. The molecule has 9 rings (SSSR count). The van der Waals surface area contributed by atoms with E-state index in [9.17, 15) is 9.59 Å². The topological polar surface area (TPSA) is 66.9 Å². The van der Waals surface area contributed by atoms with Gasteiger partial charge in [0, 0.05) is 77.0 Å². The van der Waals surface area contributed by atoms with E-state index in [0.29, 0.717) is 17.5 Å². The second kappa shape index (κ2) is 8.67. The number of anilines is 2. The van der Waals surface area contributed by atoms with Gasteiger partial charge in [0.1, 0.15) is 11.2 Å². The first kappa shape index (κ1) is 28.7. The van der Waals surface area contributed by atoms with Crippen molar-refractivity contribution in [2.45, 2.75) is 116 Å². The van der Waals surface area contributed by atoms with Gasteiger partial charge in [-0.25, -0.2) is 9.59 Å². The summed E-state index contributed by atoms with van der Waals surface area (Å²) in [6.07, 6.45) is 5.00. The highest BCUT2D eigenvalue weighted by molar-refractivity contribution is 5.96. The van der Waals surface area contributed by atoms with E-state index in [1.807, 2.05) is 0 Å². The van der Waals surface area contributed by atoms with Gasteiger partial charge in [-0.15, -0.1) is 0 Å². The molecule has 0 amide bonds. The molecule has 5 aliphatic rings. The lowest BCUT2D eigenvalue weighted by atomic mass is 9.68. The normalized spacial score (nSPS) is 22.7. The number of benzene rings is 2. The maximum Gasteiger partial charge on any atom is 0.340 e. The van der Waals surface area contributed by atoms with Crippen molar-refractivity contribution in [1.82, 2.24) is 0 Å². The first-order chi connectivity index (χ1) is 21.6. The highest BCUT2D eigenvalue weighted by atomic mass is 16.4. The summed E-state index contributed by atoms with van der Waals surface area (Å²) in [5.41, 5.74) is 11.6. The van der Waals surface area contributed by atoms with E-state index in [-0.39, 0.29) is 39.3 Å². The molecule has 0 unspecified atom stereocenters. The summed E-state index contributed by atoms with van der Waals surface area (Å²) < 4.78 is 12.7. The third kappa shape index (κ3) is 3.59. The molecule has 4 aromatic rings. The number of nitrogens with zero attached hydrogens (tertiary/aromatic N) is 2. The molecular formula is C40H46N2O4. The second-order valence-electron chi connectivity index (χ2n) is 17.6. The molecule has 4 aliphatic heterocycles. The fraction of sp³-hybridized carbons (Fsp3) is 0.550. The number of hydrogen-bond donors (Lipinski definition) is 0. The fourth-order valence-electron chi connectivity index (χ4n) is 9.76. The van der Waals surface area contributed by atoms with Gasteiger partial charge in [0.15, 0.2) is 0 Å². The van der Waals surface area contributed by atoms with Gasteiger partial charge in [-0.2, -0.15) is 0 Å². The standard InChI is InChI=1S/C40H46N2O4/c1-37(2)9-13-41-15-11-39(5,6)29-31(41)27(37)19-23-21-17-22-24-20-28-32-30(40(7,8)12-16-42(32)14-10-38(28,3)4)34(24)46-36(44)26(22)18-25(21)35(43)45-33(23)29/h19-20H,9-18H2,1-8H3. The maximum absolute atomic E-state index is 13.9. The van der Waals surface area contributed by atoms with Gasteiger partial charge < -0.3 is 18.6 Å². The Morgan fingerprint density at radius 1 is 0.522 bits per heavy atom. The van der Waals surface area contributed by atoms with E-state index < -0.39 is 0 Å². The predicted molar refractivity (Wildman–Crippen MR) is 186 cm³/mol. The number of rotatable bonds is 0. The molecular weight excluding hydrogens is 572 g/mol. The van der Waals surface area contributed by atoms with Crippen LogP contribution >= 0.6 is 0 Å². The van der Waals surface area contributed by atoms with Crippen molar-refractivity contribution in [2.24, 2.45) is 0 Å². The Balaban J connectivity index is 1.37. The SMILES string of the molecule is CC1(C)CCN2CCC(C)(C)c3c2c1cc1c2c(c(=O)oc31)Cc1c(c3cc4c5c(c3oc1=O)C(C)(C)CCN5CCC4(C)C)C2. The second-order valence-corrected chi connectivity index (χ2v) is 17.6. The van der Waals surface area contributed by atoms with E-state index in [0.717, 1.165) is 84.9 Å². The van der Waals surface area contributed by atoms with Gasteiger partial charge in [-0.1, -0.05) is 55.4 Å². The lowest BCUT2D eigenvalue weighted by molar-refractivity contribution is 0.398. The molecule has 1 aliphatic carbocycles. The summed E-state index contributed by atoms with van der Waals surface area (Å²) in [5.74, 6) is 0. The third-order valence-electron chi connectivity index (χ3n) is 12.9. The smallest absolute Gasteiger partial charge is 0.340 e. The van der Waals surface area contributed by atoms with Crippen LogP contribution in [0.25, 0.3) is 21.9 Å². The van der Waals surface area contributed by atoms with Gasteiger partial charge in [-0.05, 0) is 88.2 Å². The Labute approximate surface area is 270 Å². The molecule has 240 valence electrons. The van der Waals surface area contributed by atoms with Crippen molar-refractivity contribution in [3.05, 3.63) is 77.5 Å². The molecule has 0 saturated carbocycles. The van der Waals surface area contributed by atoms with Gasteiger partial charge in [0.2, 0.25) is 0 Å².